The Morgan fingerprint density at radius 1 is 1.19 bits per heavy atom. The minimum Gasteiger partial charge on any atom is -0.355 e. The summed E-state index contributed by atoms with van der Waals surface area (Å²) in [6, 6.07) is 10.9. The van der Waals surface area contributed by atoms with Gasteiger partial charge in [-0.2, -0.15) is 0 Å². The standard InChI is InChI=1S/C16H28N4.HI/c1-5-20(14(2)3)12-11-18-16(17-4)19-13-15-9-7-6-8-10-15;/h6-10,14H,5,11-13H2,1-4H3,(H2,17,18,19);1H. The Morgan fingerprint density at radius 3 is 2.38 bits per heavy atom. The number of halogens is 1. The van der Waals surface area contributed by atoms with E-state index in [9.17, 15) is 0 Å². The van der Waals surface area contributed by atoms with Gasteiger partial charge in [-0.25, -0.2) is 0 Å². The zero-order valence-electron chi connectivity index (χ0n) is 13.6. The molecule has 0 saturated heterocycles. The van der Waals surface area contributed by atoms with Gasteiger partial charge in [0.2, 0.25) is 0 Å². The lowest BCUT2D eigenvalue weighted by atomic mass is 10.2. The van der Waals surface area contributed by atoms with E-state index < -0.39 is 0 Å². The second-order valence-electron chi connectivity index (χ2n) is 5.06. The number of benzene rings is 1. The lowest BCUT2D eigenvalue weighted by Gasteiger charge is -2.25. The Labute approximate surface area is 146 Å². The number of nitrogens with one attached hydrogen (secondary N) is 2. The van der Waals surface area contributed by atoms with Crippen molar-refractivity contribution in [3.8, 4) is 0 Å². The third-order valence-corrected chi connectivity index (χ3v) is 3.35. The largest absolute Gasteiger partial charge is 0.355 e. The van der Waals surface area contributed by atoms with Crippen LogP contribution in [-0.2, 0) is 6.54 Å². The summed E-state index contributed by atoms with van der Waals surface area (Å²) in [5, 5.41) is 6.68. The highest BCUT2D eigenvalue weighted by molar-refractivity contribution is 14.0. The molecule has 0 saturated carbocycles. The molecule has 0 aromatic heterocycles. The van der Waals surface area contributed by atoms with Crippen molar-refractivity contribution in [3.05, 3.63) is 35.9 Å². The van der Waals surface area contributed by atoms with Crippen molar-refractivity contribution in [3.63, 3.8) is 0 Å². The Hall–Kier alpha value is -0.820. The maximum atomic E-state index is 4.25. The first kappa shape index (κ1) is 20.2. The monoisotopic (exact) mass is 404 g/mol. The van der Waals surface area contributed by atoms with Crippen LogP contribution in [0.3, 0.4) is 0 Å². The molecule has 0 aliphatic heterocycles. The van der Waals surface area contributed by atoms with Crippen molar-refractivity contribution in [2.24, 2.45) is 4.99 Å². The van der Waals surface area contributed by atoms with E-state index >= 15 is 0 Å². The first-order valence-corrected chi connectivity index (χ1v) is 7.39. The van der Waals surface area contributed by atoms with Crippen molar-refractivity contribution >= 4 is 29.9 Å². The lowest BCUT2D eigenvalue weighted by molar-refractivity contribution is 0.237. The molecule has 0 heterocycles. The van der Waals surface area contributed by atoms with Gasteiger partial charge in [0.05, 0.1) is 0 Å². The smallest absolute Gasteiger partial charge is 0.191 e. The average Bonchev–Trinajstić information content (AvgIpc) is 2.47. The molecule has 0 unspecified atom stereocenters. The SMILES string of the molecule is CCN(CCNC(=NC)NCc1ccccc1)C(C)C.I. The molecule has 0 aliphatic rings. The van der Waals surface area contributed by atoms with Gasteiger partial charge in [-0.3, -0.25) is 9.89 Å². The molecule has 21 heavy (non-hydrogen) atoms. The molecular weight excluding hydrogens is 375 g/mol. The summed E-state index contributed by atoms with van der Waals surface area (Å²) < 4.78 is 0. The van der Waals surface area contributed by atoms with Crippen molar-refractivity contribution in [2.45, 2.75) is 33.4 Å². The minimum atomic E-state index is 0. The zero-order chi connectivity index (χ0) is 14.8. The lowest BCUT2D eigenvalue weighted by Crippen LogP contribution is -2.42. The number of nitrogens with zero attached hydrogens (tertiary/aromatic N) is 2. The maximum Gasteiger partial charge on any atom is 0.191 e. The Morgan fingerprint density at radius 2 is 1.86 bits per heavy atom. The fraction of sp³-hybridized carbons (Fsp3) is 0.562. The second-order valence-corrected chi connectivity index (χ2v) is 5.06. The van der Waals surface area contributed by atoms with Crippen LogP contribution in [0.15, 0.2) is 35.3 Å². The summed E-state index contributed by atoms with van der Waals surface area (Å²) in [5.41, 5.74) is 1.26. The first-order valence-electron chi connectivity index (χ1n) is 7.39. The topological polar surface area (TPSA) is 39.7 Å². The highest BCUT2D eigenvalue weighted by Crippen LogP contribution is 1.97. The molecule has 1 rings (SSSR count). The molecule has 0 amide bonds. The van der Waals surface area contributed by atoms with Crippen LogP contribution >= 0.6 is 24.0 Å². The third-order valence-electron chi connectivity index (χ3n) is 3.35. The molecule has 120 valence electrons. The average molecular weight is 404 g/mol. The summed E-state index contributed by atoms with van der Waals surface area (Å²) in [6.45, 7) is 10.5. The minimum absolute atomic E-state index is 0. The second kappa shape index (κ2) is 11.8. The van der Waals surface area contributed by atoms with Gasteiger partial charge >= 0.3 is 0 Å². The molecule has 5 heteroatoms. The molecule has 0 aliphatic carbocycles. The van der Waals surface area contributed by atoms with Crippen molar-refractivity contribution in [1.82, 2.24) is 15.5 Å². The number of hydrogen-bond donors (Lipinski definition) is 2. The third kappa shape index (κ3) is 8.26. The van der Waals surface area contributed by atoms with Crippen molar-refractivity contribution in [2.75, 3.05) is 26.7 Å². The molecule has 0 bridgehead atoms. The van der Waals surface area contributed by atoms with Crippen LogP contribution < -0.4 is 10.6 Å². The molecule has 0 fully saturated rings. The van der Waals surface area contributed by atoms with Crippen LogP contribution in [0.4, 0.5) is 0 Å². The maximum absolute atomic E-state index is 4.25. The number of likely N-dealkylation sites (N-methyl/N-ethyl adjacent to an activating group) is 1. The van der Waals surface area contributed by atoms with Crippen LogP contribution in [0.2, 0.25) is 0 Å². The predicted molar refractivity (Wildman–Crippen MR) is 102 cm³/mol. The summed E-state index contributed by atoms with van der Waals surface area (Å²) in [6.07, 6.45) is 0. The van der Waals surface area contributed by atoms with E-state index in [1.165, 1.54) is 5.56 Å². The van der Waals surface area contributed by atoms with Gasteiger partial charge in [0, 0.05) is 32.7 Å². The van der Waals surface area contributed by atoms with E-state index in [1.54, 1.807) is 7.05 Å². The number of guanidine groups is 1. The van der Waals surface area contributed by atoms with E-state index in [2.05, 4.69) is 65.6 Å². The van der Waals surface area contributed by atoms with Gasteiger partial charge in [0.15, 0.2) is 5.96 Å². The van der Waals surface area contributed by atoms with E-state index in [4.69, 9.17) is 0 Å². The van der Waals surface area contributed by atoms with E-state index in [0.717, 1.165) is 32.1 Å². The summed E-state index contributed by atoms with van der Waals surface area (Å²) in [4.78, 5) is 6.67. The quantitative estimate of drug-likeness (QED) is 0.417. The molecule has 1 aromatic rings. The molecule has 0 atom stereocenters. The fourth-order valence-electron chi connectivity index (χ4n) is 2.10. The number of aliphatic imine (C=N–C) groups is 1. The Balaban J connectivity index is 0.00000400. The summed E-state index contributed by atoms with van der Waals surface area (Å²) >= 11 is 0. The molecule has 1 aromatic carbocycles. The van der Waals surface area contributed by atoms with Crippen LogP contribution in [-0.4, -0.2) is 43.6 Å². The van der Waals surface area contributed by atoms with E-state index in [-0.39, 0.29) is 24.0 Å². The Bertz CT molecular complexity index is 393. The van der Waals surface area contributed by atoms with Gasteiger partial charge in [0.25, 0.3) is 0 Å². The molecule has 0 radical (unpaired) electrons. The number of rotatable bonds is 7. The van der Waals surface area contributed by atoms with Crippen LogP contribution in [0.25, 0.3) is 0 Å². The molecular formula is C16H29IN4. The predicted octanol–water partition coefficient (Wildman–Crippen LogP) is 2.70. The number of hydrogen-bond acceptors (Lipinski definition) is 2. The van der Waals surface area contributed by atoms with Crippen LogP contribution in [0.1, 0.15) is 26.3 Å². The summed E-state index contributed by atoms with van der Waals surface area (Å²) in [5.74, 6) is 0.855. The van der Waals surface area contributed by atoms with Gasteiger partial charge in [-0.1, -0.05) is 37.3 Å². The molecule has 2 N–H and O–H groups in total. The summed E-state index contributed by atoms with van der Waals surface area (Å²) in [7, 11) is 1.81. The van der Waals surface area contributed by atoms with E-state index in [0.29, 0.717) is 6.04 Å². The van der Waals surface area contributed by atoms with Crippen molar-refractivity contribution < 1.29 is 0 Å². The van der Waals surface area contributed by atoms with Gasteiger partial charge < -0.3 is 10.6 Å². The van der Waals surface area contributed by atoms with Gasteiger partial charge in [-0.15, -0.1) is 24.0 Å². The van der Waals surface area contributed by atoms with Crippen molar-refractivity contribution in [1.29, 1.82) is 0 Å². The van der Waals surface area contributed by atoms with Gasteiger partial charge in [-0.05, 0) is 26.0 Å². The molecule has 4 nitrogen and oxygen atoms in total. The van der Waals surface area contributed by atoms with Crippen LogP contribution in [0.5, 0.6) is 0 Å². The van der Waals surface area contributed by atoms with Gasteiger partial charge in [0.1, 0.15) is 0 Å². The normalized spacial score (nSPS) is 11.4. The molecule has 0 spiro atoms. The fourth-order valence-corrected chi connectivity index (χ4v) is 2.10. The highest BCUT2D eigenvalue weighted by atomic mass is 127. The highest BCUT2D eigenvalue weighted by Gasteiger charge is 2.06. The zero-order valence-corrected chi connectivity index (χ0v) is 15.9. The van der Waals surface area contributed by atoms with E-state index in [1.807, 2.05) is 6.07 Å². The van der Waals surface area contributed by atoms with Crippen LogP contribution in [0, 0.1) is 0 Å². The first-order chi connectivity index (χ1) is 9.67. The Kier molecular flexibility index (Phi) is 11.3.